The Balaban J connectivity index is 2.12. The molecule has 1 aliphatic rings. The molecular weight excluding hydrogens is 287 g/mol. The van der Waals surface area contributed by atoms with E-state index in [0.29, 0.717) is 17.0 Å². The van der Waals surface area contributed by atoms with E-state index < -0.39 is 11.8 Å². The van der Waals surface area contributed by atoms with Gasteiger partial charge in [-0.25, -0.2) is 9.82 Å². The van der Waals surface area contributed by atoms with Gasteiger partial charge >= 0.3 is 11.8 Å². The Kier molecular flexibility index (Phi) is 5.08. The van der Waals surface area contributed by atoms with Crippen LogP contribution in [0, 0.1) is 5.82 Å². The van der Waals surface area contributed by atoms with Gasteiger partial charge in [-0.2, -0.15) is 5.10 Å². The van der Waals surface area contributed by atoms with Crippen molar-refractivity contribution in [3.05, 3.63) is 29.6 Å². The Hall–Kier alpha value is -2.44. The number of nitrogens with zero attached hydrogens (tertiary/aromatic N) is 2. The van der Waals surface area contributed by atoms with E-state index in [1.165, 1.54) is 12.5 Å². The van der Waals surface area contributed by atoms with Crippen molar-refractivity contribution in [3.8, 4) is 0 Å². The molecule has 1 aromatic rings. The molecule has 0 radical (unpaired) electrons. The molecule has 2 rings (SSSR count). The predicted octanol–water partition coefficient (Wildman–Crippen LogP) is 1.14. The number of piperidine rings is 1. The quantitative estimate of drug-likeness (QED) is 0.499. The highest BCUT2D eigenvalue weighted by Crippen LogP contribution is 2.24. The lowest BCUT2D eigenvalue weighted by Gasteiger charge is -2.29. The third-order valence-corrected chi connectivity index (χ3v) is 3.61. The first-order chi connectivity index (χ1) is 10.5. The summed E-state index contributed by atoms with van der Waals surface area (Å²) < 4.78 is 14.3. The Morgan fingerprint density at radius 1 is 1.27 bits per heavy atom. The van der Waals surface area contributed by atoms with Crippen LogP contribution >= 0.6 is 0 Å². The lowest BCUT2D eigenvalue weighted by molar-refractivity contribution is -0.137. The van der Waals surface area contributed by atoms with Gasteiger partial charge < -0.3 is 10.6 Å². The van der Waals surface area contributed by atoms with Crippen molar-refractivity contribution in [1.29, 1.82) is 0 Å². The minimum Gasteiger partial charge on any atom is -0.369 e. The third kappa shape index (κ3) is 3.81. The van der Waals surface area contributed by atoms with Crippen LogP contribution in [0.1, 0.15) is 31.7 Å². The largest absolute Gasteiger partial charge is 0.369 e. The molecule has 1 saturated heterocycles. The zero-order valence-electron chi connectivity index (χ0n) is 12.4. The number of carbonyl (C=O) groups is 2. The van der Waals surface area contributed by atoms with E-state index in [1.807, 2.05) is 10.3 Å². The number of nitrogens with two attached hydrogens (primary N) is 1. The van der Waals surface area contributed by atoms with Gasteiger partial charge in [0.15, 0.2) is 0 Å². The highest BCUT2D eigenvalue weighted by atomic mass is 19.1. The maximum Gasteiger partial charge on any atom is 0.329 e. The van der Waals surface area contributed by atoms with Crippen LogP contribution in [-0.2, 0) is 9.59 Å². The number of nitrogens with one attached hydrogen (secondary N) is 1. The number of anilines is 1. The van der Waals surface area contributed by atoms with Crippen LogP contribution in [0.15, 0.2) is 23.3 Å². The van der Waals surface area contributed by atoms with E-state index in [2.05, 4.69) is 5.10 Å². The molecule has 0 saturated carbocycles. The van der Waals surface area contributed by atoms with E-state index in [4.69, 9.17) is 5.73 Å². The number of hydrazone groups is 1. The van der Waals surface area contributed by atoms with Crippen molar-refractivity contribution in [1.82, 2.24) is 5.43 Å². The Morgan fingerprint density at radius 3 is 2.55 bits per heavy atom. The Labute approximate surface area is 128 Å². The minimum absolute atomic E-state index is 0.324. The number of halogens is 1. The van der Waals surface area contributed by atoms with Crippen molar-refractivity contribution in [2.24, 2.45) is 10.8 Å². The molecule has 1 fully saturated rings. The van der Waals surface area contributed by atoms with E-state index >= 15 is 0 Å². The molecule has 0 atom stereocenters. The average molecular weight is 306 g/mol. The van der Waals surface area contributed by atoms with Crippen molar-refractivity contribution in [2.45, 2.75) is 26.2 Å². The van der Waals surface area contributed by atoms with E-state index in [-0.39, 0.29) is 5.82 Å². The smallest absolute Gasteiger partial charge is 0.329 e. The summed E-state index contributed by atoms with van der Waals surface area (Å²) >= 11 is 0. The van der Waals surface area contributed by atoms with E-state index in [1.54, 1.807) is 19.1 Å². The van der Waals surface area contributed by atoms with Crippen LogP contribution in [0.25, 0.3) is 0 Å². The maximum absolute atomic E-state index is 14.3. The normalized spacial score (nSPS) is 15.5. The van der Waals surface area contributed by atoms with Crippen LogP contribution in [0.4, 0.5) is 10.1 Å². The summed E-state index contributed by atoms with van der Waals surface area (Å²) in [5.41, 5.74) is 8.32. The van der Waals surface area contributed by atoms with Crippen molar-refractivity contribution < 1.29 is 14.0 Å². The lowest BCUT2D eigenvalue weighted by atomic mass is 10.1. The average Bonchev–Trinajstić information content (AvgIpc) is 2.52. The van der Waals surface area contributed by atoms with Crippen LogP contribution in [-0.4, -0.2) is 30.6 Å². The fraction of sp³-hybridized carbons (Fsp3) is 0.400. The maximum atomic E-state index is 14.3. The number of primary amides is 1. The SMILES string of the molecule is C/C(=N\NC(=O)C(N)=O)c1ccc(N2CCCCC2)c(F)c1. The predicted molar refractivity (Wildman–Crippen MR) is 82.0 cm³/mol. The summed E-state index contributed by atoms with van der Waals surface area (Å²) in [5.74, 6) is -2.46. The van der Waals surface area contributed by atoms with Gasteiger partial charge in [0, 0.05) is 18.7 Å². The van der Waals surface area contributed by atoms with Crippen molar-refractivity contribution in [3.63, 3.8) is 0 Å². The second-order valence-electron chi connectivity index (χ2n) is 5.22. The highest BCUT2D eigenvalue weighted by Gasteiger charge is 2.15. The molecule has 0 aromatic heterocycles. The van der Waals surface area contributed by atoms with Gasteiger partial charge in [0.25, 0.3) is 0 Å². The Morgan fingerprint density at radius 2 is 1.95 bits per heavy atom. The third-order valence-electron chi connectivity index (χ3n) is 3.61. The number of benzene rings is 1. The molecule has 7 heteroatoms. The second kappa shape index (κ2) is 7.02. The molecule has 2 amide bonds. The molecule has 6 nitrogen and oxygen atoms in total. The molecule has 1 aromatic carbocycles. The molecule has 0 aliphatic carbocycles. The first-order valence-corrected chi connectivity index (χ1v) is 7.18. The van der Waals surface area contributed by atoms with Gasteiger partial charge in [-0.1, -0.05) is 6.07 Å². The molecule has 1 aliphatic heterocycles. The van der Waals surface area contributed by atoms with Gasteiger partial charge in [-0.3, -0.25) is 9.59 Å². The summed E-state index contributed by atoms with van der Waals surface area (Å²) in [7, 11) is 0. The summed E-state index contributed by atoms with van der Waals surface area (Å²) in [6.07, 6.45) is 3.32. The summed E-state index contributed by atoms with van der Waals surface area (Å²) in [6.45, 7) is 3.33. The number of rotatable bonds is 3. The summed E-state index contributed by atoms with van der Waals surface area (Å²) in [5, 5.41) is 3.73. The zero-order chi connectivity index (χ0) is 16.1. The highest BCUT2D eigenvalue weighted by molar-refractivity contribution is 6.34. The van der Waals surface area contributed by atoms with Crippen LogP contribution in [0.5, 0.6) is 0 Å². The van der Waals surface area contributed by atoms with Crippen molar-refractivity contribution >= 4 is 23.2 Å². The fourth-order valence-electron chi connectivity index (χ4n) is 2.38. The standard InChI is InChI=1S/C15H19FN4O2/c1-10(18-19-15(22)14(17)21)11-5-6-13(12(16)9-11)20-7-3-2-4-8-20/h5-6,9H,2-4,7-8H2,1H3,(H2,17,21)(H,19,22)/b18-10+. The molecular formula is C15H19FN4O2. The summed E-state index contributed by atoms with van der Waals surface area (Å²) in [4.78, 5) is 23.7. The molecule has 0 spiro atoms. The minimum atomic E-state index is -1.12. The Bertz CT molecular complexity index is 610. The van der Waals surface area contributed by atoms with E-state index in [0.717, 1.165) is 25.9 Å². The number of hydrogen-bond donors (Lipinski definition) is 2. The van der Waals surface area contributed by atoms with Gasteiger partial charge in [0.05, 0.1) is 11.4 Å². The van der Waals surface area contributed by atoms with Crippen LogP contribution in [0.3, 0.4) is 0 Å². The van der Waals surface area contributed by atoms with Gasteiger partial charge in [-0.05, 0) is 38.3 Å². The molecule has 3 N–H and O–H groups in total. The number of hydrogen-bond acceptors (Lipinski definition) is 4. The molecule has 1 heterocycles. The van der Waals surface area contributed by atoms with Gasteiger partial charge in [-0.15, -0.1) is 0 Å². The molecule has 0 bridgehead atoms. The van der Waals surface area contributed by atoms with Gasteiger partial charge in [0.2, 0.25) is 0 Å². The first-order valence-electron chi connectivity index (χ1n) is 7.18. The number of amides is 2. The second-order valence-corrected chi connectivity index (χ2v) is 5.22. The zero-order valence-corrected chi connectivity index (χ0v) is 12.4. The molecule has 22 heavy (non-hydrogen) atoms. The fourth-order valence-corrected chi connectivity index (χ4v) is 2.38. The van der Waals surface area contributed by atoms with Gasteiger partial charge in [0.1, 0.15) is 5.82 Å². The first kappa shape index (κ1) is 15.9. The lowest BCUT2D eigenvalue weighted by Crippen LogP contribution is -2.33. The monoisotopic (exact) mass is 306 g/mol. The number of carbonyl (C=O) groups excluding carboxylic acids is 2. The molecule has 118 valence electrons. The van der Waals surface area contributed by atoms with Crippen LogP contribution < -0.4 is 16.1 Å². The van der Waals surface area contributed by atoms with Crippen LogP contribution in [0.2, 0.25) is 0 Å². The summed E-state index contributed by atoms with van der Waals surface area (Å²) in [6, 6.07) is 4.83. The topological polar surface area (TPSA) is 87.8 Å². The van der Waals surface area contributed by atoms with E-state index in [9.17, 15) is 14.0 Å². The molecule has 0 unspecified atom stereocenters. The van der Waals surface area contributed by atoms with Crippen molar-refractivity contribution in [2.75, 3.05) is 18.0 Å².